The third kappa shape index (κ3) is 2.80. The van der Waals surface area contributed by atoms with E-state index in [0.717, 1.165) is 37.8 Å². The third-order valence-electron chi connectivity index (χ3n) is 4.47. The van der Waals surface area contributed by atoms with Gasteiger partial charge in [-0.25, -0.2) is 0 Å². The third-order valence-corrected chi connectivity index (χ3v) is 4.47. The molecular weight excluding hydrogens is 278 g/mol. The van der Waals surface area contributed by atoms with E-state index in [2.05, 4.69) is 16.8 Å². The summed E-state index contributed by atoms with van der Waals surface area (Å²) in [4.78, 5) is 21.5. The van der Waals surface area contributed by atoms with Gasteiger partial charge < -0.3 is 9.64 Å². The Morgan fingerprint density at radius 2 is 1.95 bits per heavy atom. The number of benzene rings is 1. The first-order valence-corrected chi connectivity index (χ1v) is 7.95. The zero-order valence-corrected chi connectivity index (χ0v) is 13.3. The lowest BCUT2D eigenvalue weighted by Gasteiger charge is -2.34. The molecule has 5 heteroatoms. The average molecular weight is 301 g/mol. The number of para-hydroxylation sites is 1. The normalized spacial score (nSPS) is 19.3. The van der Waals surface area contributed by atoms with E-state index in [0.29, 0.717) is 24.4 Å². The van der Waals surface area contributed by atoms with Gasteiger partial charge in [-0.3, -0.25) is 14.7 Å². The number of aliphatic imine (C=N–C) groups is 1. The van der Waals surface area contributed by atoms with Gasteiger partial charge in [0.1, 0.15) is 5.75 Å². The van der Waals surface area contributed by atoms with E-state index in [4.69, 9.17) is 4.74 Å². The number of hydrogen-bond acceptors (Lipinski definition) is 4. The highest BCUT2D eigenvalue weighted by molar-refractivity contribution is 6.07. The lowest BCUT2D eigenvalue weighted by molar-refractivity contribution is 0.0836. The minimum Gasteiger partial charge on any atom is -0.496 e. The summed E-state index contributed by atoms with van der Waals surface area (Å²) in [7, 11) is 1.59. The monoisotopic (exact) mass is 301 g/mol. The van der Waals surface area contributed by atoms with Gasteiger partial charge in [-0.1, -0.05) is 19.1 Å². The van der Waals surface area contributed by atoms with E-state index in [-0.39, 0.29) is 5.91 Å². The molecule has 0 bridgehead atoms. The fourth-order valence-corrected chi connectivity index (χ4v) is 3.07. The maximum Gasteiger partial charge on any atom is 0.264 e. The molecule has 22 heavy (non-hydrogen) atoms. The Labute approximate surface area is 131 Å². The summed E-state index contributed by atoms with van der Waals surface area (Å²) in [6, 6.07) is 7.38. The Kier molecular flexibility index (Phi) is 4.32. The number of carbonyl (C=O) groups excluding carboxylic acids is 1. The number of piperidine rings is 1. The molecule has 2 heterocycles. The molecule has 0 radical (unpaired) electrons. The Balaban J connectivity index is 1.79. The Morgan fingerprint density at radius 3 is 2.68 bits per heavy atom. The first-order valence-electron chi connectivity index (χ1n) is 7.95. The van der Waals surface area contributed by atoms with Crippen molar-refractivity contribution in [2.75, 3.05) is 33.3 Å². The highest BCUT2D eigenvalue weighted by Gasteiger charge is 2.31. The molecule has 0 aromatic heterocycles. The fourth-order valence-electron chi connectivity index (χ4n) is 3.07. The summed E-state index contributed by atoms with van der Waals surface area (Å²) in [6.45, 7) is 5.58. The summed E-state index contributed by atoms with van der Waals surface area (Å²) < 4.78 is 5.32. The Bertz CT molecular complexity index is 577. The van der Waals surface area contributed by atoms with Crippen molar-refractivity contribution in [3.8, 4) is 5.75 Å². The lowest BCUT2D eigenvalue weighted by atomic mass is 9.99. The van der Waals surface area contributed by atoms with Crippen LogP contribution in [0.1, 0.15) is 30.1 Å². The predicted molar refractivity (Wildman–Crippen MR) is 86.3 cm³/mol. The highest BCUT2D eigenvalue weighted by atomic mass is 16.5. The van der Waals surface area contributed by atoms with Gasteiger partial charge in [0, 0.05) is 19.6 Å². The van der Waals surface area contributed by atoms with Crippen LogP contribution in [0.15, 0.2) is 29.3 Å². The number of methoxy groups -OCH3 is 1. The van der Waals surface area contributed by atoms with E-state index >= 15 is 0 Å². The van der Waals surface area contributed by atoms with Crippen molar-refractivity contribution in [1.29, 1.82) is 0 Å². The predicted octanol–water partition coefficient (Wildman–Crippen LogP) is 2.24. The van der Waals surface area contributed by atoms with Crippen molar-refractivity contribution in [3.05, 3.63) is 29.8 Å². The van der Waals surface area contributed by atoms with E-state index in [1.165, 1.54) is 0 Å². The van der Waals surface area contributed by atoms with Crippen LogP contribution < -0.4 is 4.74 Å². The summed E-state index contributed by atoms with van der Waals surface area (Å²) >= 11 is 0. The largest absolute Gasteiger partial charge is 0.496 e. The van der Waals surface area contributed by atoms with Gasteiger partial charge in [-0.15, -0.1) is 0 Å². The molecule has 0 atom stereocenters. The van der Waals surface area contributed by atoms with Crippen LogP contribution in [-0.2, 0) is 0 Å². The van der Waals surface area contributed by atoms with Crippen molar-refractivity contribution in [3.63, 3.8) is 0 Å². The van der Waals surface area contributed by atoms with E-state index in [1.807, 2.05) is 24.3 Å². The minimum absolute atomic E-state index is 0.0210. The van der Waals surface area contributed by atoms with Gasteiger partial charge in [0.15, 0.2) is 0 Å². The van der Waals surface area contributed by atoms with E-state index in [9.17, 15) is 4.79 Å². The van der Waals surface area contributed by atoms with Crippen LogP contribution in [0.4, 0.5) is 0 Å². The lowest BCUT2D eigenvalue weighted by Crippen LogP contribution is -2.47. The van der Waals surface area contributed by atoms with Crippen LogP contribution in [0.2, 0.25) is 0 Å². The molecule has 5 nitrogen and oxygen atoms in total. The number of amides is 1. The van der Waals surface area contributed by atoms with Crippen LogP contribution in [-0.4, -0.2) is 55.0 Å². The van der Waals surface area contributed by atoms with Gasteiger partial charge in [0.05, 0.1) is 19.2 Å². The second-order valence-corrected chi connectivity index (χ2v) is 6.01. The summed E-state index contributed by atoms with van der Waals surface area (Å²) in [5.74, 6) is 2.19. The van der Waals surface area contributed by atoms with Gasteiger partial charge >= 0.3 is 0 Å². The molecule has 0 N–H and O–H groups in total. The van der Waals surface area contributed by atoms with Crippen LogP contribution >= 0.6 is 0 Å². The summed E-state index contributed by atoms with van der Waals surface area (Å²) in [5.41, 5.74) is 0.602. The number of carbonyl (C=O) groups is 1. The van der Waals surface area contributed by atoms with Crippen LogP contribution in [0.25, 0.3) is 0 Å². The summed E-state index contributed by atoms with van der Waals surface area (Å²) in [6.07, 6.45) is 2.32. The highest BCUT2D eigenvalue weighted by Crippen LogP contribution is 2.23. The molecule has 0 saturated carbocycles. The molecule has 118 valence electrons. The molecule has 1 saturated heterocycles. The number of rotatable bonds is 2. The van der Waals surface area contributed by atoms with Gasteiger partial charge in [-0.05, 0) is 30.9 Å². The van der Waals surface area contributed by atoms with Crippen molar-refractivity contribution in [2.24, 2.45) is 10.9 Å². The molecule has 2 aliphatic rings. The van der Waals surface area contributed by atoms with Crippen molar-refractivity contribution >= 4 is 11.9 Å². The van der Waals surface area contributed by atoms with Gasteiger partial charge in [0.2, 0.25) is 5.96 Å². The molecule has 1 aromatic carbocycles. The zero-order chi connectivity index (χ0) is 15.5. The van der Waals surface area contributed by atoms with E-state index < -0.39 is 0 Å². The number of hydrogen-bond donors (Lipinski definition) is 0. The molecule has 1 amide bonds. The molecule has 0 aliphatic carbocycles. The first kappa shape index (κ1) is 14.9. The molecule has 0 unspecified atom stereocenters. The van der Waals surface area contributed by atoms with Crippen molar-refractivity contribution in [1.82, 2.24) is 9.80 Å². The molecule has 2 aliphatic heterocycles. The number of likely N-dealkylation sites (tertiary alicyclic amines) is 1. The maximum atomic E-state index is 12.9. The molecule has 1 fully saturated rings. The molecule has 1 aromatic rings. The number of guanidine groups is 1. The van der Waals surface area contributed by atoms with Crippen LogP contribution in [0, 0.1) is 5.92 Å². The number of nitrogens with zero attached hydrogens (tertiary/aromatic N) is 3. The van der Waals surface area contributed by atoms with Crippen LogP contribution in [0.5, 0.6) is 5.75 Å². The second kappa shape index (κ2) is 6.38. The smallest absolute Gasteiger partial charge is 0.264 e. The fraction of sp³-hybridized carbons (Fsp3) is 0.529. The topological polar surface area (TPSA) is 45.1 Å². The second-order valence-electron chi connectivity index (χ2n) is 6.01. The Hall–Kier alpha value is -2.04. The van der Waals surface area contributed by atoms with Crippen LogP contribution in [0.3, 0.4) is 0 Å². The van der Waals surface area contributed by atoms with Gasteiger partial charge in [-0.2, -0.15) is 0 Å². The standard InChI is InChI=1S/C17H23N3O2/c1-13-7-10-19(11-8-13)17-18-9-12-20(17)16(21)14-5-3-4-6-15(14)22-2/h3-6,13H,7-12H2,1-2H3. The average Bonchev–Trinajstić information content (AvgIpc) is 3.04. The van der Waals surface area contributed by atoms with E-state index in [1.54, 1.807) is 12.0 Å². The molecule has 3 rings (SSSR count). The van der Waals surface area contributed by atoms with Crippen molar-refractivity contribution in [2.45, 2.75) is 19.8 Å². The van der Waals surface area contributed by atoms with Gasteiger partial charge in [0.25, 0.3) is 5.91 Å². The SMILES string of the molecule is COc1ccccc1C(=O)N1CCN=C1N1CCC(C)CC1. The Morgan fingerprint density at radius 1 is 1.23 bits per heavy atom. The first-order chi connectivity index (χ1) is 10.7. The summed E-state index contributed by atoms with van der Waals surface area (Å²) in [5, 5.41) is 0. The molecular formula is C17H23N3O2. The zero-order valence-electron chi connectivity index (χ0n) is 13.3. The minimum atomic E-state index is -0.0210. The quantitative estimate of drug-likeness (QED) is 0.841. The molecule has 0 spiro atoms. The number of ether oxygens (including phenoxy) is 1. The maximum absolute atomic E-state index is 12.9. The van der Waals surface area contributed by atoms with Crippen molar-refractivity contribution < 1.29 is 9.53 Å².